The maximum absolute atomic E-state index is 10.3. The normalized spacial score (nSPS) is 25.7. The second-order valence-corrected chi connectivity index (χ2v) is 3.51. The summed E-state index contributed by atoms with van der Waals surface area (Å²) in [6.07, 6.45) is 0. The van der Waals surface area contributed by atoms with Crippen LogP contribution in [0.15, 0.2) is 0 Å². The van der Waals surface area contributed by atoms with Crippen LogP contribution >= 0.6 is 0 Å². The predicted molar refractivity (Wildman–Crippen MR) is 32.3 cm³/mol. The van der Waals surface area contributed by atoms with Crippen molar-refractivity contribution >= 4 is 10.1 Å². The summed E-state index contributed by atoms with van der Waals surface area (Å²) in [5.41, 5.74) is -1.19. The molecule has 5 nitrogen and oxygen atoms in total. The van der Waals surface area contributed by atoms with Crippen molar-refractivity contribution in [2.75, 3.05) is 19.7 Å². The second-order valence-electron chi connectivity index (χ2n) is 2.00. The van der Waals surface area contributed by atoms with Crippen molar-refractivity contribution in [1.82, 2.24) is 5.32 Å². The Labute approximate surface area is 87.5 Å². The van der Waals surface area contributed by atoms with Crippen LogP contribution in [0, 0.1) is 0 Å². The molecule has 1 atom stereocenters. The van der Waals surface area contributed by atoms with Gasteiger partial charge in [-0.15, -0.1) is 0 Å². The van der Waals surface area contributed by atoms with Gasteiger partial charge in [0.05, 0.1) is 6.61 Å². The maximum Gasteiger partial charge on any atom is 1.00 e. The zero-order chi connectivity index (χ0) is 7.61. The number of rotatable bonds is 1. The average Bonchev–Trinajstić information content (AvgIpc) is 1.88. The first kappa shape index (κ1) is 11.8. The predicted octanol–water partition coefficient (Wildman–Crippen LogP) is -4.52. The molecule has 0 aliphatic carbocycles. The van der Waals surface area contributed by atoms with Gasteiger partial charge in [0.1, 0.15) is 10.1 Å². The van der Waals surface area contributed by atoms with Gasteiger partial charge in [0.2, 0.25) is 0 Å². The van der Waals surface area contributed by atoms with E-state index in [4.69, 9.17) is 0 Å². The smallest absolute Gasteiger partial charge is 0.746 e. The molecule has 1 saturated heterocycles. The second kappa shape index (κ2) is 4.76. The Hall–Kier alpha value is 0.830. The molecule has 1 unspecified atom stereocenters. The molecule has 0 aromatic rings. The molecule has 60 valence electrons. The summed E-state index contributed by atoms with van der Waals surface area (Å²) in [6, 6.07) is 0. The van der Waals surface area contributed by atoms with Crippen LogP contribution in [0.25, 0.3) is 0 Å². The van der Waals surface area contributed by atoms with Gasteiger partial charge < -0.3 is 14.6 Å². The Morgan fingerprint density at radius 2 is 2.18 bits per heavy atom. The molecule has 1 aliphatic rings. The van der Waals surface area contributed by atoms with Crippen molar-refractivity contribution in [1.29, 1.82) is 0 Å². The van der Waals surface area contributed by atoms with Gasteiger partial charge in [-0.05, 0) is 0 Å². The Balaban J connectivity index is 0.000001000. The topological polar surface area (TPSA) is 78.5 Å². The van der Waals surface area contributed by atoms with Crippen molar-refractivity contribution in [3.05, 3.63) is 0 Å². The van der Waals surface area contributed by atoms with Crippen LogP contribution in [-0.4, -0.2) is 38.1 Å². The fourth-order valence-electron chi connectivity index (χ4n) is 0.727. The van der Waals surface area contributed by atoms with Gasteiger partial charge in [0.15, 0.2) is 5.44 Å². The summed E-state index contributed by atoms with van der Waals surface area (Å²) in [5.74, 6) is 0. The minimum atomic E-state index is -4.26. The molecule has 1 rings (SSSR count). The SMILES string of the molecule is O=S(=O)([O-])C1CNCCO1.[Na+]. The van der Waals surface area contributed by atoms with E-state index in [9.17, 15) is 13.0 Å². The Bertz CT molecular complexity index is 198. The van der Waals surface area contributed by atoms with Gasteiger partial charge in [0.25, 0.3) is 0 Å². The van der Waals surface area contributed by atoms with E-state index < -0.39 is 15.6 Å². The van der Waals surface area contributed by atoms with Gasteiger partial charge in [-0.1, -0.05) is 0 Å². The Morgan fingerprint density at radius 3 is 2.45 bits per heavy atom. The van der Waals surface area contributed by atoms with Crippen LogP contribution in [0.2, 0.25) is 0 Å². The third kappa shape index (κ3) is 3.84. The van der Waals surface area contributed by atoms with E-state index in [1.54, 1.807) is 0 Å². The fraction of sp³-hybridized carbons (Fsp3) is 1.00. The molecule has 0 amide bonds. The molecule has 0 aromatic heterocycles. The number of hydrogen-bond donors (Lipinski definition) is 1. The van der Waals surface area contributed by atoms with Crippen molar-refractivity contribution in [2.45, 2.75) is 5.44 Å². The van der Waals surface area contributed by atoms with E-state index in [2.05, 4.69) is 10.1 Å². The van der Waals surface area contributed by atoms with Gasteiger partial charge in [-0.3, -0.25) is 0 Å². The van der Waals surface area contributed by atoms with Crippen LogP contribution in [-0.2, 0) is 14.9 Å². The summed E-state index contributed by atoms with van der Waals surface area (Å²) < 4.78 is 35.5. The fourth-order valence-corrected chi connectivity index (χ4v) is 1.31. The first-order valence-electron chi connectivity index (χ1n) is 2.88. The molecule has 0 radical (unpaired) electrons. The molecule has 0 bridgehead atoms. The van der Waals surface area contributed by atoms with Gasteiger partial charge in [-0.25, -0.2) is 8.42 Å². The van der Waals surface area contributed by atoms with Gasteiger partial charge >= 0.3 is 29.6 Å². The molecule has 1 aliphatic heterocycles. The van der Waals surface area contributed by atoms with E-state index in [0.29, 0.717) is 6.54 Å². The number of nitrogens with one attached hydrogen (secondary N) is 1. The quantitative estimate of drug-likeness (QED) is 0.332. The van der Waals surface area contributed by atoms with Gasteiger partial charge in [-0.2, -0.15) is 0 Å². The van der Waals surface area contributed by atoms with E-state index in [1.807, 2.05) is 0 Å². The van der Waals surface area contributed by atoms with E-state index >= 15 is 0 Å². The third-order valence-corrected chi connectivity index (χ3v) is 2.16. The molecule has 0 aromatic carbocycles. The number of ether oxygens (including phenoxy) is 1. The summed E-state index contributed by atoms with van der Waals surface area (Å²) in [4.78, 5) is 0. The first-order valence-corrected chi connectivity index (χ1v) is 4.35. The van der Waals surface area contributed by atoms with E-state index in [-0.39, 0.29) is 42.7 Å². The van der Waals surface area contributed by atoms with Gasteiger partial charge in [0, 0.05) is 13.1 Å². The zero-order valence-electron chi connectivity index (χ0n) is 6.24. The Kier molecular flexibility index (Phi) is 5.12. The van der Waals surface area contributed by atoms with Crippen molar-refractivity contribution in [3.8, 4) is 0 Å². The summed E-state index contributed by atoms with van der Waals surface area (Å²) in [5, 5.41) is 2.74. The minimum absolute atomic E-state index is 0. The molecule has 1 heterocycles. The molecule has 7 heteroatoms. The molecule has 1 fully saturated rings. The summed E-state index contributed by atoms with van der Waals surface area (Å²) >= 11 is 0. The minimum Gasteiger partial charge on any atom is -0.746 e. The molecule has 1 N–H and O–H groups in total. The van der Waals surface area contributed by atoms with Crippen LogP contribution < -0.4 is 34.9 Å². The van der Waals surface area contributed by atoms with Crippen molar-refractivity contribution in [2.24, 2.45) is 0 Å². The standard InChI is InChI=1S/C4H9NO4S.Na/c6-10(7,8)4-3-5-1-2-9-4;/h4-5H,1-3H2,(H,6,7,8);/q;+1/p-1. The molecule has 0 spiro atoms. The van der Waals surface area contributed by atoms with Crippen LogP contribution in [0.5, 0.6) is 0 Å². The molecule has 0 saturated carbocycles. The molecular formula is C4H8NNaO4S. The molecule has 11 heavy (non-hydrogen) atoms. The first-order chi connectivity index (χ1) is 4.61. The van der Waals surface area contributed by atoms with Crippen molar-refractivity contribution in [3.63, 3.8) is 0 Å². The monoisotopic (exact) mass is 189 g/mol. The van der Waals surface area contributed by atoms with Crippen LogP contribution in [0.1, 0.15) is 0 Å². The summed E-state index contributed by atoms with van der Waals surface area (Å²) in [6.45, 7) is 0.990. The van der Waals surface area contributed by atoms with Crippen LogP contribution in [0.4, 0.5) is 0 Å². The summed E-state index contributed by atoms with van der Waals surface area (Å²) in [7, 11) is -4.26. The van der Waals surface area contributed by atoms with E-state index in [1.165, 1.54) is 0 Å². The number of morpholine rings is 1. The van der Waals surface area contributed by atoms with E-state index in [0.717, 1.165) is 0 Å². The largest absolute Gasteiger partial charge is 1.00 e. The number of hydrogen-bond acceptors (Lipinski definition) is 5. The van der Waals surface area contributed by atoms with Crippen LogP contribution in [0.3, 0.4) is 0 Å². The maximum atomic E-state index is 10.3. The van der Waals surface area contributed by atoms with Crippen molar-refractivity contribution < 1.29 is 47.3 Å². The zero-order valence-corrected chi connectivity index (χ0v) is 9.06. The third-order valence-electron chi connectivity index (χ3n) is 1.22. The molecular weight excluding hydrogens is 181 g/mol. The average molecular weight is 189 g/mol. The Morgan fingerprint density at radius 1 is 1.55 bits per heavy atom.